The molecule has 0 aliphatic carbocycles. The molecule has 1 atom stereocenters. The van der Waals surface area contributed by atoms with Crippen molar-refractivity contribution in [1.82, 2.24) is 20.5 Å². The summed E-state index contributed by atoms with van der Waals surface area (Å²) in [5, 5.41) is 7.63. The van der Waals surface area contributed by atoms with Crippen LogP contribution in [-0.4, -0.2) is 55.5 Å². The molecule has 0 saturated heterocycles. The zero-order valence-electron chi connectivity index (χ0n) is 14.5. The van der Waals surface area contributed by atoms with Gasteiger partial charge in [0.15, 0.2) is 5.96 Å². The molecule has 0 fully saturated rings. The van der Waals surface area contributed by atoms with Crippen molar-refractivity contribution in [3.8, 4) is 0 Å². The highest BCUT2D eigenvalue weighted by atomic mass is 127. The van der Waals surface area contributed by atoms with Gasteiger partial charge in [-0.15, -0.1) is 35.3 Å². The number of nitrogens with one attached hydrogen (secondary N) is 2. The van der Waals surface area contributed by atoms with Crippen LogP contribution in [0.5, 0.6) is 0 Å². The van der Waals surface area contributed by atoms with Gasteiger partial charge in [0.2, 0.25) is 5.91 Å². The molecule has 2 N–H and O–H groups in total. The first-order valence-electron chi connectivity index (χ1n) is 7.58. The van der Waals surface area contributed by atoms with Gasteiger partial charge in [0.25, 0.3) is 0 Å². The highest BCUT2D eigenvalue weighted by Crippen LogP contribution is 2.20. The topological polar surface area (TPSA) is 69.6 Å². The number of thiazole rings is 1. The standard InChI is InChI=1S/C15H27N5OS.HI/c1-6-7-16-15(19-10-13(21)20(4)5)18-8-11(2)14-17-9-12(3)22-14;/h9,11H,6-8,10H2,1-5H3,(H2,16,18,19);1H. The molecule has 1 rings (SSSR count). The van der Waals surface area contributed by atoms with E-state index in [1.54, 1.807) is 30.3 Å². The Kier molecular flexibility index (Phi) is 11.2. The Morgan fingerprint density at radius 2 is 2.13 bits per heavy atom. The molecule has 1 heterocycles. The number of rotatable bonds is 7. The summed E-state index contributed by atoms with van der Waals surface area (Å²) in [6.45, 7) is 8.00. The normalized spacial score (nSPS) is 12.3. The van der Waals surface area contributed by atoms with Crippen molar-refractivity contribution in [3.63, 3.8) is 0 Å². The first-order chi connectivity index (χ1) is 10.4. The molecule has 23 heavy (non-hydrogen) atoms. The summed E-state index contributed by atoms with van der Waals surface area (Å²) < 4.78 is 0. The zero-order valence-corrected chi connectivity index (χ0v) is 17.7. The van der Waals surface area contributed by atoms with Crippen LogP contribution in [0.3, 0.4) is 0 Å². The molecule has 0 spiro atoms. The largest absolute Gasteiger partial charge is 0.356 e. The monoisotopic (exact) mass is 453 g/mol. The van der Waals surface area contributed by atoms with Crippen LogP contribution in [0, 0.1) is 6.92 Å². The van der Waals surface area contributed by atoms with Gasteiger partial charge in [0.05, 0.1) is 5.01 Å². The molecular weight excluding hydrogens is 425 g/mol. The van der Waals surface area contributed by atoms with Crippen LogP contribution in [0.15, 0.2) is 11.2 Å². The van der Waals surface area contributed by atoms with Crippen molar-refractivity contribution >= 4 is 47.2 Å². The molecule has 0 aromatic carbocycles. The number of aliphatic imine (C=N–C) groups is 1. The Bertz CT molecular complexity index is 504. The molecule has 8 heteroatoms. The summed E-state index contributed by atoms with van der Waals surface area (Å²) >= 11 is 1.72. The second kappa shape index (κ2) is 11.6. The molecule has 0 saturated carbocycles. The lowest BCUT2D eigenvalue weighted by Gasteiger charge is -2.15. The van der Waals surface area contributed by atoms with Crippen LogP contribution in [0.2, 0.25) is 0 Å². The number of carbonyl (C=O) groups excluding carboxylic acids is 1. The summed E-state index contributed by atoms with van der Waals surface area (Å²) in [5.41, 5.74) is 0. The Balaban J connectivity index is 0.00000484. The van der Waals surface area contributed by atoms with E-state index < -0.39 is 0 Å². The fourth-order valence-electron chi connectivity index (χ4n) is 1.64. The van der Waals surface area contributed by atoms with Gasteiger partial charge in [-0.1, -0.05) is 13.8 Å². The summed E-state index contributed by atoms with van der Waals surface area (Å²) in [5.74, 6) is 0.968. The average Bonchev–Trinajstić information content (AvgIpc) is 2.92. The number of amides is 1. The molecule has 1 aromatic rings. The number of hydrogen-bond acceptors (Lipinski definition) is 4. The van der Waals surface area contributed by atoms with Gasteiger partial charge in [-0.25, -0.2) is 9.98 Å². The Morgan fingerprint density at radius 3 is 2.65 bits per heavy atom. The van der Waals surface area contributed by atoms with Crippen LogP contribution >= 0.6 is 35.3 Å². The fraction of sp³-hybridized carbons (Fsp3) is 0.667. The maximum atomic E-state index is 11.6. The molecule has 1 amide bonds. The van der Waals surface area contributed by atoms with E-state index in [-0.39, 0.29) is 36.4 Å². The predicted octanol–water partition coefficient (Wildman–Crippen LogP) is 2.21. The minimum Gasteiger partial charge on any atom is -0.356 e. The van der Waals surface area contributed by atoms with Crippen molar-refractivity contribution < 1.29 is 4.79 Å². The Hall–Kier alpha value is -0.900. The number of hydrogen-bond donors (Lipinski definition) is 2. The third-order valence-corrected chi connectivity index (χ3v) is 4.19. The Morgan fingerprint density at radius 1 is 1.43 bits per heavy atom. The average molecular weight is 453 g/mol. The molecule has 132 valence electrons. The van der Waals surface area contributed by atoms with E-state index in [4.69, 9.17) is 0 Å². The number of nitrogens with zero attached hydrogens (tertiary/aromatic N) is 3. The van der Waals surface area contributed by atoms with E-state index in [9.17, 15) is 4.79 Å². The summed E-state index contributed by atoms with van der Waals surface area (Å²) in [4.78, 5) is 23.2. The second-order valence-corrected chi connectivity index (χ2v) is 6.74. The van der Waals surface area contributed by atoms with E-state index in [0.29, 0.717) is 11.9 Å². The minimum atomic E-state index is -0.0128. The van der Waals surface area contributed by atoms with Crippen molar-refractivity contribution in [2.75, 3.05) is 33.7 Å². The first-order valence-corrected chi connectivity index (χ1v) is 8.40. The van der Waals surface area contributed by atoms with Gasteiger partial charge in [0, 0.05) is 44.2 Å². The number of aromatic nitrogens is 1. The zero-order chi connectivity index (χ0) is 16.5. The molecule has 1 aromatic heterocycles. The maximum absolute atomic E-state index is 11.6. The van der Waals surface area contributed by atoms with Crippen molar-refractivity contribution in [3.05, 3.63) is 16.1 Å². The van der Waals surface area contributed by atoms with E-state index >= 15 is 0 Å². The third-order valence-electron chi connectivity index (χ3n) is 3.05. The van der Waals surface area contributed by atoms with Gasteiger partial charge < -0.3 is 15.5 Å². The maximum Gasteiger partial charge on any atom is 0.243 e. The van der Waals surface area contributed by atoms with Crippen molar-refractivity contribution in [2.24, 2.45) is 4.99 Å². The summed E-state index contributed by atoms with van der Waals surface area (Å²) in [6, 6.07) is 0. The van der Waals surface area contributed by atoms with Crippen LogP contribution in [0.1, 0.15) is 36.1 Å². The van der Waals surface area contributed by atoms with Crippen molar-refractivity contribution in [2.45, 2.75) is 33.1 Å². The van der Waals surface area contributed by atoms with Gasteiger partial charge in [0.1, 0.15) is 6.54 Å². The van der Waals surface area contributed by atoms with Crippen LogP contribution in [0.25, 0.3) is 0 Å². The van der Waals surface area contributed by atoms with Gasteiger partial charge in [-0.3, -0.25) is 4.79 Å². The molecule has 1 unspecified atom stereocenters. The fourth-order valence-corrected chi connectivity index (χ4v) is 2.47. The highest BCUT2D eigenvalue weighted by molar-refractivity contribution is 14.0. The number of carbonyl (C=O) groups is 1. The number of halogens is 1. The SMILES string of the molecule is CCCNC(=NCC(=O)N(C)C)NCC(C)c1ncc(C)s1.I. The van der Waals surface area contributed by atoms with E-state index in [1.165, 1.54) is 4.88 Å². The van der Waals surface area contributed by atoms with Crippen LogP contribution in [0.4, 0.5) is 0 Å². The summed E-state index contributed by atoms with van der Waals surface area (Å²) in [7, 11) is 3.47. The molecular formula is C15H28IN5OS. The third kappa shape index (κ3) is 8.50. The lowest BCUT2D eigenvalue weighted by molar-refractivity contribution is -0.127. The minimum absolute atomic E-state index is 0. The molecule has 0 radical (unpaired) electrons. The highest BCUT2D eigenvalue weighted by Gasteiger charge is 2.11. The smallest absolute Gasteiger partial charge is 0.243 e. The number of likely N-dealkylation sites (N-methyl/N-ethyl adjacent to an activating group) is 1. The molecule has 6 nitrogen and oxygen atoms in total. The number of guanidine groups is 1. The van der Waals surface area contributed by atoms with Crippen LogP contribution in [-0.2, 0) is 4.79 Å². The van der Waals surface area contributed by atoms with E-state index in [0.717, 1.165) is 24.5 Å². The van der Waals surface area contributed by atoms with E-state index in [1.807, 2.05) is 6.20 Å². The molecule has 0 aliphatic rings. The summed E-state index contributed by atoms with van der Waals surface area (Å²) in [6.07, 6.45) is 2.90. The van der Waals surface area contributed by atoms with E-state index in [2.05, 4.69) is 41.4 Å². The van der Waals surface area contributed by atoms with Gasteiger partial charge in [-0.2, -0.15) is 0 Å². The van der Waals surface area contributed by atoms with Crippen LogP contribution < -0.4 is 10.6 Å². The second-order valence-electron chi connectivity index (χ2n) is 5.47. The van der Waals surface area contributed by atoms with Gasteiger partial charge in [-0.05, 0) is 13.3 Å². The number of aryl methyl sites for hydroxylation is 1. The van der Waals surface area contributed by atoms with Crippen molar-refractivity contribution in [1.29, 1.82) is 0 Å². The molecule has 0 bridgehead atoms. The Labute approximate surface area is 160 Å². The quantitative estimate of drug-likeness (QED) is 0.378. The lowest BCUT2D eigenvalue weighted by Crippen LogP contribution is -2.40. The molecule has 0 aliphatic heterocycles. The predicted molar refractivity (Wildman–Crippen MR) is 108 cm³/mol. The van der Waals surface area contributed by atoms with Gasteiger partial charge >= 0.3 is 0 Å². The lowest BCUT2D eigenvalue weighted by atomic mass is 10.2. The first kappa shape index (κ1) is 22.1.